The minimum atomic E-state index is -0.301. The molecular formula is C12H23NO4. The van der Waals surface area contributed by atoms with E-state index in [2.05, 4.69) is 18.6 Å². The number of hydrogen-bond acceptors (Lipinski definition) is 4. The molecule has 0 fully saturated rings. The molecule has 0 aliphatic heterocycles. The molecule has 0 aromatic rings. The molecule has 5 nitrogen and oxygen atoms in total. The smallest absolute Gasteiger partial charge is 0.307 e. The third-order valence-electron chi connectivity index (χ3n) is 2.41. The van der Waals surface area contributed by atoms with Gasteiger partial charge in [-0.2, -0.15) is 0 Å². The predicted molar refractivity (Wildman–Crippen MR) is 64.5 cm³/mol. The fraction of sp³-hybridized carbons (Fsp3) is 0.833. The van der Waals surface area contributed by atoms with E-state index >= 15 is 0 Å². The maximum Gasteiger partial charge on any atom is 0.307 e. The van der Waals surface area contributed by atoms with Gasteiger partial charge in [0.2, 0.25) is 5.91 Å². The van der Waals surface area contributed by atoms with Crippen LogP contribution < -0.4 is 0 Å². The summed E-state index contributed by atoms with van der Waals surface area (Å²) in [6.45, 7) is 5.29. The lowest BCUT2D eigenvalue weighted by Gasteiger charge is -2.22. The van der Waals surface area contributed by atoms with Crippen molar-refractivity contribution in [3.63, 3.8) is 0 Å². The van der Waals surface area contributed by atoms with Crippen LogP contribution in [0.4, 0.5) is 0 Å². The number of carbonyl (C=O) groups excluding carboxylic acids is 2. The summed E-state index contributed by atoms with van der Waals surface area (Å²) in [7, 11) is 2.83. The van der Waals surface area contributed by atoms with E-state index in [0.29, 0.717) is 19.0 Å². The zero-order valence-corrected chi connectivity index (χ0v) is 11.2. The van der Waals surface area contributed by atoms with Gasteiger partial charge in [0.1, 0.15) is 6.61 Å². The van der Waals surface area contributed by atoms with E-state index in [1.54, 1.807) is 4.90 Å². The Morgan fingerprint density at radius 3 is 2.29 bits per heavy atom. The monoisotopic (exact) mass is 245 g/mol. The van der Waals surface area contributed by atoms with E-state index in [1.165, 1.54) is 14.2 Å². The highest BCUT2D eigenvalue weighted by Gasteiger charge is 2.15. The van der Waals surface area contributed by atoms with Gasteiger partial charge in [0.15, 0.2) is 0 Å². The number of rotatable bonds is 8. The molecule has 0 rings (SSSR count). The lowest BCUT2D eigenvalue weighted by atomic mass is 10.1. The second-order valence-corrected chi connectivity index (χ2v) is 4.32. The average molecular weight is 245 g/mol. The first-order valence-electron chi connectivity index (χ1n) is 5.84. The summed E-state index contributed by atoms with van der Waals surface area (Å²) in [5.74, 6) is 0.132. The van der Waals surface area contributed by atoms with Crippen LogP contribution in [0.3, 0.4) is 0 Å². The van der Waals surface area contributed by atoms with Crippen LogP contribution in [0.15, 0.2) is 0 Å². The zero-order chi connectivity index (χ0) is 13.3. The summed E-state index contributed by atoms with van der Waals surface area (Å²) in [4.78, 5) is 24.4. The summed E-state index contributed by atoms with van der Waals surface area (Å²) in [6, 6.07) is 0. The van der Waals surface area contributed by atoms with E-state index in [-0.39, 0.29) is 24.9 Å². The number of carbonyl (C=O) groups is 2. The summed E-state index contributed by atoms with van der Waals surface area (Å²) in [6.07, 6.45) is 1.14. The van der Waals surface area contributed by atoms with Crippen LogP contribution in [0, 0.1) is 5.92 Å². The number of nitrogens with zero attached hydrogens (tertiary/aromatic N) is 1. The minimum absolute atomic E-state index is 0.0548. The molecule has 5 heteroatoms. The number of hydrogen-bond donors (Lipinski definition) is 0. The molecule has 0 N–H and O–H groups in total. The van der Waals surface area contributed by atoms with Gasteiger partial charge in [-0.3, -0.25) is 9.59 Å². The Hall–Kier alpha value is -1.10. The second-order valence-electron chi connectivity index (χ2n) is 4.32. The Morgan fingerprint density at radius 1 is 1.18 bits per heavy atom. The molecule has 0 saturated carbocycles. The van der Waals surface area contributed by atoms with Crippen LogP contribution in [-0.2, 0) is 19.1 Å². The van der Waals surface area contributed by atoms with Crippen molar-refractivity contribution in [2.24, 2.45) is 5.92 Å². The van der Waals surface area contributed by atoms with Gasteiger partial charge in [0.05, 0.1) is 13.5 Å². The average Bonchev–Trinajstić information content (AvgIpc) is 2.28. The van der Waals surface area contributed by atoms with Crippen molar-refractivity contribution in [3.8, 4) is 0 Å². The van der Waals surface area contributed by atoms with Crippen LogP contribution in [0.25, 0.3) is 0 Å². The predicted octanol–water partition coefficient (Wildman–Crippen LogP) is 1.07. The fourth-order valence-electron chi connectivity index (χ4n) is 1.32. The third kappa shape index (κ3) is 7.74. The van der Waals surface area contributed by atoms with E-state index in [9.17, 15) is 9.59 Å². The Morgan fingerprint density at radius 2 is 1.82 bits per heavy atom. The van der Waals surface area contributed by atoms with E-state index in [1.807, 2.05) is 0 Å². The maximum atomic E-state index is 11.7. The topological polar surface area (TPSA) is 55.8 Å². The normalized spacial score (nSPS) is 10.4. The highest BCUT2D eigenvalue weighted by atomic mass is 16.5. The number of esters is 1. The molecule has 0 aliphatic carbocycles. The first-order chi connectivity index (χ1) is 8.01. The maximum absolute atomic E-state index is 11.7. The highest BCUT2D eigenvalue weighted by molar-refractivity contribution is 5.78. The van der Waals surface area contributed by atoms with Crippen molar-refractivity contribution in [3.05, 3.63) is 0 Å². The quantitative estimate of drug-likeness (QED) is 0.600. The number of methoxy groups -OCH3 is 2. The van der Waals surface area contributed by atoms with Crippen molar-refractivity contribution in [2.75, 3.05) is 33.9 Å². The van der Waals surface area contributed by atoms with Crippen molar-refractivity contribution in [2.45, 2.75) is 26.7 Å². The number of ether oxygens (including phenoxy) is 2. The van der Waals surface area contributed by atoms with E-state index in [4.69, 9.17) is 4.74 Å². The molecule has 17 heavy (non-hydrogen) atoms. The Labute approximate surface area is 103 Å². The standard InChI is InChI=1S/C12H23NO4/c1-10(2)5-7-13(11(14)9-16-3)8-6-12(15)17-4/h10H,5-9H2,1-4H3. The van der Waals surface area contributed by atoms with Crippen LogP contribution in [-0.4, -0.2) is 50.7 Å². The Bertz CT molecular complexity index is 241. The molecule has 0 unspecified atom stereocenters. The van der Waals surface area contributed by atoms with Gasteiger partial charge >= 0.3 is 5.97 Å². The first-order valence-corrected chi connectivity index (χ1v) is 5.84. The summed E-state index contributed by atoms with van der Waals surface area (Å²) >= 11 is 0. The largest absolute Gasteiger partial charge is 0.469 e. The zero-order valence-electron chi connectivity index (χ0n) is 11.2. The molecule has 0 bridgehead atoms. The number of amides is 1. The molecule has 0 spiro atoms. The van der Waals surface area contributed by atoms with Gasteiger partial charge in [0.25, 0.3) is 0 Å². The van der Waals surface area contributed by atoms with Crippen LogP contribution >= 0.6 is 0 Å². The van der Waals surface area contributed by atoms with Gasteiger partial charge in [-0.25, -0.2) is 0 Å². The fourth-order valence-corrected chi connectivity index (χ4v) is 1.32. The van der Waals surface area contributed by atoms with Crippen molar-refractivity contribution >= 4 is 11.9 Å². The van der Waals surface area contributed by atoms with Crippen LogP contribution in [0.1, 0.15) is 26.7 Å². The molecular weight excluding hydrogens is 222 g/mol. The molecule has 0 aliphatic rings. The molecule has 100 valence electrons. The molecule has 0 saturated heterocycles. The minimum Gasteiger partial charge on any atom is -0.469 e. The molecule has 0 radical (unpaired) electrons. The van der Waals surface area contributed by atoms with Crippen LogP contribution in [0.2, 0.25) is 0 Å². The SMILES string of the molecule is COCC(=O)N(CCC(=O)OC)CCC(C)C. The van der Waals surface area contributed by atoms with Gasteiger partial charge in [-0.1, -0.05) is 13.8 Å². The van der Waals surface area contributed by atoms with Gasteiger partial charge in [-0.15, -0.1) is 0 Å². The van der Waals surface area contributed by atoms with E-state index < -0.39 is 0 Å². The van der Waals surface area contributed by atoms with Gasteiger partial charge in [-0.05, 0) is 12.3 Å². The van der Waals surface area contributed by atoms with Crippen molar-refractivity contribution in [1.82, 2.24) is 4.90 Å². The highest BCUT2D eigenvalue weighted by Crippen LogP contribution is 2.04. The molecule has 0 atom stereocenters. The Balaban J connectivity index is 4.19. The summed E-state index contributed by atoms with van der Waals surface area (Å²) in [5.41, 5.74) is 0. The summed E-state index contributed by atoms with van der Waals surface area (Å²) < 4.78 is 9.37. The molecule has 1 amide bonds. The van der Waals surface area contributed by atoms with Crippen LogP contribution in [0.5, 0.6) is 0 Å². The van der Waals surface area contributed by atoms with E-state index in [0.717, 1.165) is 6.42 Å². The molecule has 0 heterocycles. The second kappa shape index (κ2) is 8.98. The Kier molecular flexibility index (Phi) is 8.40. The van der Waals surface area contributed by atoms with Gasteiger partial charge < -0.3 is 14.4 Å². The lowest BCUT2D eigenvalue weighted by Crippen LogP contribution is -2.36. The van der Waals surface area contributed by atoms with Crippen molar-refractivity contribution < 1.29 is 19.1 Å². The molecule has 0 aromatic heterocycles. The molecule has 0 aromatic carbocycles. The van der Waals surface area contributed by atoms with Gasteiger partial charge in [0, 0.05) is 20.2 Å². The first kappa shape index (κ1) is 15.9. The third-order valence-corrected chi connectivity index (χ3v) is 2.41. The lowest BCUT2D eigenvalue weighted by molar-refractivity contribution is -0.142. The van der Waals surface area contributed by atoms with Crippen molar-refractivity contribution in [1.29, 1.82) is 0 Å². The summed E-state index contributed by atoms with van der Waals surface area (Å²) in [5, 5.41) is 0.